The first kappa shape index (κ1) is 18.9. The molecule has 0 unspecified atom stereocenters. The van der Waals surface area contributed by atoms with Crippen LogP contribution in [0.3, 0.4) is 0 Å². The lowest BCUT2D eigenvalue weighted by Crippen LogP contribution is -2.22. The third-order valence-corrected chi connectivity index (χ3v) is 4.14. The minimum Gasteiger partial charge on any atom is -0.494 e. The number of ether oxygens (including phenoxy) is 3. The smallest absolute Gasteiger partial charge is 0.193 e. The van der Waals surface area contributed by atoms with Gasteiger partial charge in [0.15, 0.2) is 17.5 Å². The summed E-state index contributed by atoms with van der Waals surface area (Å²) in [6, 6.07) is 13.8. The van der Waals surface area contributed by atoms with E-state index in [1.165, 1.54) is 5.56 Å². The third kappa shape index (κ3) is 6.09. The third-order valence-electron chi connectivity index (χ3n) is 4.14. The molecule has 0 bridgehead atoms. The van der Waals surface area contributed by atoms with Crippen molar-refractivity contribution in [2.24, 2.45) is 10.7 Å². The number of aryl methyl sites for hydroxylation is 1. The fraction of sp³-hybridized carbons (Fsp3) is 0.381. The van der Waals surface area contributed by atoms with Crippen LogP contribution in [0.4, 0.5) is 5.69 Å². The summed E-state index contributed by atoms with van der Waals surface area (Å²) in [6.07, 6.45) is 2.72. The Balaban J connectivity index is 1.38. The molecule has 144 valence electrons. The van der Waals surface area contributed by atoms with Gasteiger partial charge in [0.1, 0.15) is 5.75 Å². The minimum atomic E-state index is 0.393. The molecule has 0 fully saturated rings. The summed E-state index contributed by atoms with van der Waals surface area (Å²) >= 11 is 0. The minimum absolute atomic E-state index is 0.393. The van der Waals surface area contributed by atoms with Crippen LogP contribution in [0, 0.1) is 6.92 Å². The standard InChI is InChI=1S/C21H27N3O3/c1-16-5-8-18(9-6-16)25-12-3-2-11-23-21(22)24-17-7-10-19-20(15-17)27-14-4-13-26-19/h5-10,15H,2-4,11-14H2,1H3,(H3,22,23,24). The molecule has 0 atom stereocenters. The van der Waals surface area contributed by atoms with Crippen LogP contribution in [0.5, 0.6) is 17.2 Å². The van der Waals surface area contributed by atoms with Crippen LogP contribution in [0.1, 0.15) is 24.8 Å². The van der Waals surface area contributed by atoms with Crippen LogP contribution < -0.4 is 25.3 Å². The Kier molecular flexibility index (Phi) is 6.79. The topological polar surface area (TPSA) is 78.1 Å². The highest BCUT2D eigenvalue weighted by atomic mass is 16.5. The van der Waals surface area contributed by atoms with Gasteiger partial charge in [-0.25, -0.2) is 0 Å². The largest absolute Gasteiger partial charge is 0.494 e. The Hall–Kier alpha value is -2.89. The zero-order valence-electron chi connectivity index (χ0n) is 15.7. The molecule has 27 heavy (non-hydrogen) atoms. The molecule has 2 aromatic rings. The fourth-order valence-corrected chi connectivity index (χ4v) is 2.67. The maximum Gasteiger partial charge on any atom is 0.193 e. The van der Waals surface area contributed by atoms with Crippen LogP contribution in [-0.4, -0.2) is 32.3 Å². The van der Waals surface area contributed by atoms with Crippen molar-refractivity contribution >= 4 is 11.6 Å². The molecule has 0 aromatic heterocycles. The summed E-state index contributed by atoms with van der Waals surface area (Å²) in [5.41, 5.74) is 8.03. The van der Waals surface area contributed by atoms with Gasteiger partial charge in [-0.3, -0.25) is 4.99 Å². The van der Waals surface area contributed by atoms with Gasteiger partial charge in [0, 0.05) is 24.7 Å². The Morgan fingerprint density at radius 2 is 1.85 bits per heavy atom. The molecule has 0 aliphatic carbocycles. The summed E-state index contributed by atoms with van der Waals surface area (Å²) in [7, 11) is 0. The first-order valence-corrected chi connectivity index (χ1v) is 9.37. The number of fused-ring (bicyclic) bond motifs is 1. The molecular weight excluding hydrogens is 342 g/mol. The van der Waals surface area contributed by atoms with Gasteiger partial charge in [0.25, 0.3) is 0 Å². The zero-order valence-corrected chi connectivity index (χ0v) is 15.7. The molecule has 0 spiro atoms. The van der Waals surface area contributed by atoms with Gasteiger partial charge < -0.3 is 25.3 Å². The number of guanidine groups is 1. The molecule has 2 aromatic carbocycles. The van der Waals surface area contributed by atoms with Gasteiger partial charge in [-0.1, -0.05) is 17.7 Å². The molecule has 6 heteroatoms. The quantitative estimate of drug-likeness (QED) is 0.442. The van der Waals surface area contributed by atoms with Crippen LogP contribution in [0.15, 0.2) is 47.5 Å². The monoisotopic (exact) mass is 369 g/mol. The SMILES string of the molecule is Cc1ccc(OCCCCN=C(N)Nc2ccc3c(c2)OCCCO3)cc1. The number of nitrogens with zero attached hydrogens (tertiary/aromatic N) is 1. The Bertz CT molecular complexity index is 760. The first-order chi connectivity index (χ1) is 13.2. The lowest BCUT2D eigenvalue weighted by molar-refractivity contribution is 0.297. The van der Waals surface area contributed by atoms with Crippen LogP contribution in [-0.2, 0) is 0 Å². The number of benzene rings is 2. The number of rotatable bonds is 7. The molecule has 0 amide bonds. The predicted molar refractivity (Wildman–Crippen MR) is 108 cm³/mol. The number of anilines is 1. The number of hydrogen-bond acceptors (Lipinski definition) is 4. The van der Waals surface area contributed by atoms with E-state index in [0.717, 1.165) is 42.2 Å². The Labute approximate surface area is 160 Å². The highest BCUT2D eigenvalue weighted by Crippen LogP contribution is 2.32. The van der Waals surface area contributed by atoms with E-state index in [4.69, 9.17) is 19.9 Å². The van der Waals surface area contributed by atoms with Gasteiger partial charge in [-0.2, -0.15) is 0 Å². The Morgan fingerprint density at radius 1 is 1.07 bits per heavy atom. The number of aliphatic imine (C=N–C) groups is 1. The molecule has 6 nitrogen and oxygen atoms in total. The van der Waals surface area contributed by atoms with E-state index in [9.17, 15) is 0 Å². The summed E-state index contributed by atoms with van der Waals surface area (Å²) < 4.78 is 17.0. The number of nitrogens with one attached hydrogen (secondary N) is 1. The van der Waals surface area contributed by atoms with Crippen LogP contribution >= 0.6 is 0 Å². The van der Waals surface area contributed by atoms with Crippen molar-refractivity contribution in [1.82, 2.24) is 0 Å². The molecule has 3 rings (SSSR count). The van der Waals surface area contributed by atoms with E-state index >= 15 is 0 Å². The van der Waals surface area contributed by atoms with E-state index in [1.54, 1.807) is 0 Å². The zero-order chi connectivity index (χ0) is 18.9. The van der Waals surface area contributed by atoms with E-state index in [-0.39, 0.29) is 0 Å². The normalized spacial score (nSPS) is 13.7. The van der Waals surface area contributed by atoms with Crippen molar-refractivity contribution in [2.45, 2.75) is 26.2 Å². The second-order valence-corrected chi connectivity index (χ2v) is 6.47. The van der Waals surface area contributed by atoms with Gasteiger partial charge in [-0.15, -0.1) is 0 Å². The summed E-state index contributed by atoms with van der Waals surface area (Å²) in [5.74, 6) is 2.80. The maximum atomic E-state index is 5.97. The Morgan fingerprint density at radius 3 is 2.67 bits per heavy atom. The van der Waals surface area contributed by atoms with Crippen molar-refractivity contribution in [3.8, 4) is 17.2 Å². The second-order valence-electron chi connectivity index (χ2n) is 6.47. The van der Waals surface area contributed by atoms with E-state index in [2.05, 4.69) is 17.2 Å². The average molecular weight is 369 g/mol. The molecule has 1 heterocycles. The van der Waals surface area contributed by atoms with E-state index < -0.39 is 0 Å². The van der Waals surface area contributed by atoms with Crippen molar-refractivity contribution in [3.05, 3.63) is 48.0 Å². The van der Waals surface area contributed by atoms with Gasteiger partial charge in [-0.05, 0) is 44.0 Å². The van der Waals surface area contributed by atoms with Gasteiger partial charge in [0.05, 0.1) is 19.8 Å². The lowest BCUT2D eigenvalue weighted by atomic mass is 10.2. The first-order valence-electron chi connectivity index (χ1n) is 9.37. The predicted octanol–water partition coefficient (Wildman–Crippen LogP) is 3.74. The summed E-state index contributed by atoms with van der Waals surface area (Å²) in [6.45, 7) is 4.73. The number of unbranched alkanes of at least 4 members (excludes halogenated alkanes) is 1. The number of nitrogens with two attached hydrogens (primary N) is 1. The van der Waals surface area contributed by atoms with Crippen molar-refractivity contribution in [2.75, 3.05) is 31.7 Å². The molecule has 0 saturated heterocycles. The number of hydrogen-bond donors (Lipinski definition) is 2. The molecule has 0 radical (unpaired) electrons. The van der Waals surface area contributed by atoms with Crippen LogP contribution in [0.25, 0.3) is 0 Å². The van der Waals surface area contributed by atoms with Crippen LogP contribution in [0.2, 0.25) is 0 Å². The van der Waals surface area contributed by atoms with E-state index in [1.807, 2.05) is 42.5 Å². The maximum absolute atomic E-state index is 5.97. The van der Waals surface area contributed by atoms with Gasteiger partial charge >= 0.3 is 0 Å². The van der Waals surface area contributed by atoms with E-state index in [0.29, 0.717) is 32.3 Å². The molecule has 3 N–H and O–H groups in total. The summed E-state index contributed by atoms with van der Waals surface area (Å²) in [5, 5.41) is 3.10. The highest BCUT2D eigenvalue weighted by Gasteiger charge is 2.10. The highest BCUT2D eigenvalue weighted by molar-refractivity contribution is 5.92. The average Bonchev–Trinajstić information content (AvgIpc) is 2.91. The molecule has 1 aliphatic heterocycles. The molecular formula is C21H27N3O3. The lowest BCUT2D eigenvalue weighted by Gasteiger charge is -2.10. The molecule has 1 aliphatic rings. The van der Waals surface area contributed by atoms with Crippen molar-refractivity contribution in [1.29, 1.82) is 0 Å². The van der Waals surface area contributed by atoms with Crippen molar-refractivity contribution in [3.63, 3.8) is 0 Å². The fourth-order valence-electron chi connectivity index (χ4n) is 2.67. The second kappa shape index (κ2) is 9.71. The van der Waals surface area contributed by atoms with Gasteiger partial charge in [0.2, 0.25) is 0 Å². The van der Waals surface area contributed by atoms with Crippen molar-refractivity contribution < 1.29 is 14.2 Å². The summed E-state index contributed by atoms with van der Waals surface area (Å²) in [4.78, 5) is 4.36. The molecule has 0 saturated carbocycles.